The van der Waals surface area contributed by atoms with Gasteiger partial charge in [-0.1, -0.05) is 13.8 Å². The van der Waals surface area contributed by atoms with E-state index in [4.69, 9.17) is 9.84 Å². The average Bonchev–Trinajstić information content (AvgIpc) is 2.27. The molecule has 0 aliphatic rings. The minimum Gasteiger partial charge on any atom is -0.494 e. The summed E-state index contributed by atoms with van der Waals surface area (Å²) < 4.78 is 5.32. The van der Waals surface area contributed by atoms with E-state index < -0.39 is 12.0 Å². The molecular weight excluding hydrogens is 218 g/mol. The Labute approximate surface area is 102 Å². The van der Waals surface area contributed by atoms with E-state index in [1.807, 2.05) is 45.0 Å². The molecule has 0 amide bonds. The summed E-state index contributed by atoms with van der Waals surface area (Å²) in [6.07, 6.45) is 0. The molecule has 1 rings (SSSR count). The molecule has 0 aliphatic carbocycles. The monoisotopic (exact) mass is 237 g/mol. The van der Waals surface area contributed by atoms with Crippen LogP contribution < -0.4 is 10.1 Å². The van der Waals surface area contributed by atoms with Gasteiger partial charge in [0.15, 0.2) is 0 Å². The minimum atomic E-state index is -0.839. The Balaban J connectivity index is 2.70. The number of hydrogen-bond donors (Lipinski definition) is 2. The van der Waals surface area contributed by atoms with Crippen molar-refractivity contribution in [1.29, 1.82) is 0 Å². The summed E-state index contributed by atoms with van der Waals surface area (Å²) in [6, 6.07) is 6.72. The third kappa shape index (κ3) is 3.98. The summed E-state index contributed by atoms with van der Waals surface area (Å²) in [5.41, 5.74) is 0.787. The van der Waals surface area contributed by atoms with E-state index >= 15 is 0 Å². The number of carbonyl (C=O) groups is 1. The van der Waals surface area contributed by atoms with Crippen molar-refractivity contribution in [1.82, 2.24) is 0 Å². The van der Waals surface area contributed by atoms with Crippen molar-refractivity contribution in [2.24, 2.45) is 5.92 Å². The van der Waals surface area contributed by atoms with Gasteiger partial charge in [-0.25, -0.2) is 4.79 Å². The first-order valence-corrected chi connectivity index (χ1v) is 5.76. The summed E-state index contributed by atoms with van der Waals surface area (Å²) in [7, 11) is 0. The SMILES string of the molecule is CCOc1ccc(N[C@H](C(=O)O)C(C)C)cc1. The van der Waals surface area contributed by atoms with Crippen molar-refractivity contribution < 1.29 is 14.6 Å². The van der Waals surface area contributed by atoms with Gasteiger partial charge in [0.2, 0.25) is 0 Å². The Kier molecular flexibility index (Phi) is 4.82. The molecule has 0 aromatic heterocycles. The lowest BCUT2D eigenvalue weighted by atomic mass is 10.0. The zero-order valence-corrected chi connectivity index (χ0v) is 10.4. The van der Waals surface area contributed by atoms with E-state index in [9.17, 15) is 4.79 Å². The van der Waals surface area contributed by atoms with Gasteiger partial charge in [-0.3, -0.25) is 0 Å². The molecule has 0 aliphatic heterocycles. The fraction of sp³-hybridized carbons (Fsp3) is 0.462. The number of ether oxygens (including phenoxy) is 1. The van der Waals surface area contributed by atoms with Gasteiger partial charge in [-0.2, -0.15) is 0 Å². The minimum absolute atomic E-state index is 0.0269. The maximum atomic E-state index is 11.0. The number of carboxylic acids is 1. The van der Waals surface area contributed by atoms with E-state index in [-0.39, 0.29) is 5.92 Å². The second-order valence-corrected chi connectivity index (χ2v) is 4.16. The summed E-state index contributed by atoms with van der Waals surface area (Å²) in [6.45, 7) is 6.29. The fourth-order valence-electron chi connectivity index (χ4n) is 1.51. The van der Waals surface area contributed by atoms with E-state index in [0.29, 0.717) is 6.61 Å². The molecular formula is C13H19NO3. The first-order valence-electron chi connectivity index (χ1n) is 5.76. The zero-order chi connectivity index (χ0) is 12.8. The van der Waals surface area contributed by atoms with Crippen LogP contribution in [0.15, 0.2) is 24.3 Å². The molecule has 0 saturated carbocycles. The van der Waals surface area contributed by atoms with Crippen LogP contribution in [-0.2, 0) is 4.79 Å². The maximum absolute atomic E-state index is 11.0. The Morgan fingerprint density at radius 3 is 2.35 bits per heavy atom. The summed E-state index contributed by atoms with van der Waals surface area (Å²) in [5.74, 6) is -0.0255. The Morgan fingerprint density at radius 2 is 1.94 bits per heavy atom. The predicted molar refractivity (Wildman–Crippen MR) is 67.5 cm³/mol. The molecule has 1 atom stereocenters. The molecule has 0 unspecified atom stereocenters. The third-order valence-corrected chi connectivity index (χ3v) is 2.42. The molecule has 0 saturated heterocycles. The molecule has 0 bridgehead atoms. The normalized spacial score (nSPS) is 12.2. The highest BCUT2D eigenvalue weighted by Crippen LogP contribution is 2.18. The van der Waals surface area contributed by atoms with E-state index in [2.05, 4.69) is 5.32 Å². The van der Waals surface area contributed by atoms with E-state index in [0.717, 1.165) is 11.4 Å². The lowest BCUT2D eigenvalue weighted by Gasteiger charge is -2.19. The van der Waals surface area contributed by atoms with Crippen molar-refractivity contribution in [3.05, 3.63) is 24.3 Å². The van der Waals surface area contributed by atoms with Crippen molar-refractivity contribution in [2.75, 3.05) is 11.9 Å². The van der Waals surface area contributed by atoms with Crippen LogP contribution in [0.5, 0.6) is 5.75 Å². The van der Waals surface area contributed by atoms with Crippen LogP contribution in [0, 0.1) is 5.92 Å². The highest BCUT2D eigenvalue weighted by molar-refractivity contribution is 5.77. The van der Waals surface area contributed by atoms with Crippen LogP contribution >= 0.6 is 0 Å². The standard InChI is InChI=1S/C13H19NO3/c1-4-17-11-7-5-10(6-8-11)14-12(9(2)3)13(15)16/h5-9,12,14H,4H2,1-3H3,(H,15,16)/t12-/m0/s1. The van der Waals surface area contributed by atoms with Crippen molar-refractivity contribution >= 4 is 11.7 Å². The number of benzene rings is 1. The van der Waals surface area contributed by atoms with Crippen LogP contribution in [0.2, 0.25) is 0 Å². The van der Waals surface area contributed by atoms with Crippen molar-refractivity contribution in [2.45, 2.75) is 26.8 Å². The van der Waals surface area contributed by atoms with Gasteiger partial charge in [0, 0.05) is 5.69 Å². The number of anilines is 1. The lowest BCUT2D eigenvalue weighted by Crippen LogP contribution is -2.34. The highest BCUT2D eigenvalue weighted by Gasteiger charge is 2.20. The first kappa shape index (κ1) is 13.4. The molecule has 0 heterocycles. The summed E-state index contributed by atoms with van der Waals surface area (Å²) >= 11 is 0. The number of hydrogen-bond acceptors (Lipinski definition) is 3. The molecule has 4 nitrogen and oxygen atoms in total. The second-order valence-electron chi connectivity index (χ2n) is 4.16. The molecule has 94 valence electrons. The third-order valence-electron chi connectivity index (χ3n) is 2.42. The summed E-state index contributed by atoms with van der Waals surface area (Å²) in [5, 5.41) is 12.0. The van der Waals surface area contributed by atoms with Crippen LogP contribution in [-0.4, -0.2) is 23.7 Å². The van der Waals surface area contributed by atoms with Gasteiger partial charge >= 0.3 is 5.97 Å². The van der Waals surface area contributed by atoms with E-state index in [1.54, 1.807) is 0 Å². The number of rotatable bonds is 6. The molecule has 17 heavy (non-hydrogen) atoms. The summed E-state index contributed by atoms with van der Waals surface area (Å²) in [4.78, 5) is 11.0. The molecule has 0 spiro atoms. The van der Waals surface area contributed by atoms with Gasteiger partial charge in [0.05, 0.1) is 6.61 Å². The Bertz CT molecular complexity index is 359. The number of aliphatic carboxylic acids is 1. The Morgan fingerprint density at radius 1 is 1.35 bits per heavy atom. The quantitative estimate of drug-likeness (QED) is 0.798. The molecule has 1 aromatic rings. The van der Waals surface area contributed by atoms with Crippen molar-refractivity contribution in [3.63, 3.8) is 0 Å². The fourth-order valence-corrected chi connectivity index (χ4v) is 1.51. The Hall–Kier alpha value is -1.71. The first-order chi connectivity index (χ1) is 8.04. The van der Waals surface area contributed by atoms with Crippen LogP contribution in [0.3, 0.4) is 0 Å². The smallest absolute Gasteiger partial charge is 0.326 e. The molecule has 1 aromatic carbocycles. The van der Waals surface area contributed by atoms with Crippen LogP contribution in [0.1, 0.15) is 20.8 Å². The van der Waals surface area contributed by atoms with Gasteiger partial charge in [0.1, 0.15) is 11.8 Å². The van der Waals surface area contributed by atoms with Gasteiger partial charge in [-0.15, -0.1) is 0 Å². The second kappa shape index (κ2) is 6.13. The number of nitrogens with one attached hydrogen (secondary N) is 1. The topological polar surface area (TPSA) is 58.6 Å². The predicted octanol–water partition coefficient (Wildman–Crippen LogP) is 2.61. The van der Waals surface area contributed by atoms with E-state index in [1.165, 1.54) is 0 Å². The largest absolute Gasteiger partial charge is 0.494 e. The van der Waals surface area contributed by atoms with Gasteiger partial charge in [-0.05, 0) is 37.1 Å². The van der Waals surface area contributed by atoms with Crippen molar-refractivity contribution in [3.8, 4) is 5.75 Å². The van der Waals surface area contributed by atoms with Gasteiger partial charge in [0.25, 0.3) is 0 Å². The molecule has 0 fully saturated rings. The van der Waals surface area contributed by atoms with Gasteiger partial charge < -0.3 is 15.2 Å². The number of carboxylic acid groups (broad SMARTS) is 1. The van der Waals surface area contributed by atoms with Crippen LogP contribution in [0.25, 0.3) is 0 Å². The zero-order valence-electron chi connectivity index (χ0n) is 10.4. The lowest BCUT2D eigenvalue weighted by molar-refractivity contribution is -0.138. The van der Waals surface area contributed by atoms with Crippen LogP contribution in [0.4, 0.5) is 5.69 Å². The molecule has 0 radical (unpaired) electrons. The highest BCUT2D eigenvalue weighted by atomic mass is 16.5. The average molecular weight is 237 g/mol. The maximum Gasteiger partial charge on any atom is 0.326 e. The molecule has 2 N–H and O–H groups in total. The molecule has 4 heteroatoms.